The van der Waals surface area contributed by atoms with Crippen molar-refractivity contribution in [3.8, 4) is 0 Å². The van der Waals surface area contributed by atoms with Gasteiger partial charge in [0, 0.05) is 0 Å². The van der Waals surface area contributed by atoms with E-state index in [1.165, 1.54) is 0 Å². The van der Waals surface area contributed by atoms with Gasteiger partial charge in [-0.2, -0.15) is 0 Å². The molecule has 0 aromatic carbocycles. The van der Waals surface area contributed by atoms with Gasteiger partial charge in [0.2, 0.25) is 0 Å². The molecule has 0 spiro atoms. The van der Waals surface area contributed by atoms with Gasteiger partial charge in [0.05, 0.1) is 13.1 Å². The molecule has 0 saturated carbocycles. The number of carboxylic acid groups (broad SMARTS) is 1. The Morgan fingerprint density at radius 2 is 2.06 bits per heavy atom. The molecule has 1 unspecified atom stereocenters. The molecule has 2 rings (SSSR count). The van der Waals surface area contributed by atoms with Gasteiger partial charge in [-0.3, -0.25) is 9.69 Å². The number of aromatic nitrogens is 3. The van der Waals surface area contributed by atoms with E-state index in [4.69, 9.17) is 5.11 Å². The van der Waals surface area contributed by atoms with Crippen molar-refractivity contribution in [1.82, 2.24) is 19.7 Å². The zero-order valence-electron chi connectivity index (χ0n) is 8.95. The molecule has 2 heterocycles. The molecule has 92 valence electrons. The highest BCUT2D eigenvalue weighted by molar-refractivity contribution is 5.85. The summed E-state index contributed by atoms with van der Waals surface area (Å²) in [6.45, 7) is 2.80. The van der Waals surface area contributed by atoms with E-state index in [0.29, 0.717) is 13.1 Å². The highest BCUT2D eigenvalue weighted by atomic mass is 35.5. The summed E-state index contributed by atoms with van der Waals surface area (Å²) in [6.07, 6.45) is 0. The average molecular weight is 269 g/mol. The molecule has 0 saturated heterocycles. The first-order valence-electron chi connectivity index (χ1n) is 4.41. The van der Waals surface area contributed by atoms with E-state index in [9.17, 15) is 4.79 Å². The molecule has 16 heavy (non-hydrogen) atoms. The van der Waals surface area contributed by atoms with Crippen LogP contribution in [0.1, 0.15) is 11.6 Å². The molecular weight excluding hydrogens is 255 g/mol. The van der Waals surface area contributed by atoms with Crippen molar-refractivity contribution in [3.05, 3.63) is 11.6 Å². The molecule has 0 amide bonds. The van der Waals surface area contributed by atoms with Crippen LogP contribution < -0.4 is 0 Å². The molecular formula is C8H14Cl2N4O2. The Labute approximate surface area is 105 Å². The Morgan fingerprint density at radius 3 is 2.62 bits per heavy atom. The minimum absolute atomic E-state index is 0. The van der Waals surface area contributed by atoms with E-state index in [1.807, 2.05) is 11.5 Å². The zero-order chi connectivity index (χ0) is 10.3. The quantitative estimate of drug-likeness (QED) is 0.795. The highest BCUT2D eigenvalue weighted by Crippen LogP contribution is 2.15. The summed E-state index contributed by atoms with van der Waals surface area (Å²) in [5, 5.41) is 16.9. The number of aryl methyl sites for hydroxylation is 1. The number of carboxylic acids is 1. The van der Waals surface area contributed by atoms with Crippen LogP contribution >= 0.6 is 24.8 Å². The number of rotatable bonds is 1. The predicted molar refractivity (Wildman–Crippen MR) is 62.1 cm³/mol. The monoisotopic (exact) mass is 268 g/mol. The maximum atomic E-state index is 10.9. The second kappa shape index (κ2) is 5.47. The first-order chi connectivity index (χ1) is 6.59. The van der Waals surface area contributed by atoms with Crippen LogP contribution in [0.3, 0.4) is 0 Å². The molecule has 8 heteroatoms. The van der Waals surface area contributed by atoms with Crippen molar-refractivity contribution >= 4 is 30.8 Å². The van der Waals surface area contributed by atoms with Gasteiger partial charge in [-0.1, -0.05) is 0 Å². The van der Waals surface area contributed by atoms with Crippen LogP contribution in [0.2, 0.25) is 0 Å². The fourth-order valence-corrected chi connectivity index (χ4v) is 1.69. The van der Waals surface area contributed by atoms with E-state index in [-0.39, 0.29) is 24.8 Å². The van der Waals surface area contributed by atoms with Gasteiger partial charge in [-0.25, -0.2) is 0 Å². The number of hydrogen-bond acceptors (Lipinski definition) is 4. The summed E-state index contributed by atoms with van der Waals surface area (Å²) in [7, 11) is 1.78. The van der Waals surface area contributed by atoms with Crippen LogP contribution in [-0.2, 0) is 17.9 Å². The second-order valence-corrected chi connectivity index (χ2v) is 3.54. The van der Waals surface area contributed by atoms with Crippen LogP contribution in [0.15, 0.2) is 0 Å². The van der Waals surface area contributed by atoms with Crippen LogP contribution in [-0.4, -0.2) is 43.8 Å². The van der Waals surface area contributed by atoms with Crippen LogP contribution in [0.4, 0.5) is 0 Å². The Hall–Kier alpha value is -0.850. The Kier molecular flexibility index (Phi) is 5.18. The summed E-state index contributed by atoms with van der Waals surface area (Å²) in [5.74, 6) is 0.813. The third-order valence-corrected chi connectivity index (χ3v) is 2.58. The summed E-state index contributed by atoms with van der Waals surface area (Å²) in [5.41, 5.74) is 0. The lowest BCUT2D eigenvalue weighted by atomic mass is 10.2. The van der Waals surface area contributed by atoms with Gasteiger partial charge in [0.1, 0.15) is 17.7 Å². The van der Waals surface area contributed by atoms with Crippen LogP contribution in [0.25, 0.3) is 0 Å². The Morgan fingerprint density at radius 1 is 1.44 bits per heavy atom. The average Bonchev–Trinajstić information content (AvgIpc) is 2.46. The molecule has 1 aromatic rings. The van der Waals surface area contributed by atoms with Crippen molar-refractivity contribution in [3.63, 3.8) is 0 Å². The Bertz CT molecular complexity index is 382. The lowest BCUT2D eigenvalue weighted by molar-refractivity contribution is -0.144. The minimum Gasteiger partial charge on any atom is -0.480 e. The molecule has 6 nitrogen and oxygen atoms in total. The van der Waals surface area contributed by atoms with Crippen molar-refractivity contribution in [2.24, 2.45) is 0 Å². The number of hydrogen-bond donors (Lipinski definition) is 1. The Balaban J connectivity index is 0.00000112. The zero-order valence-corrected chi connectivity index (χ0v) is 10.6. The summed E-state index contributed by atoms with van der Waals surface area (Å²) in [6, 6.07) is -0.475. The highest BCUT2D eigenvalue weighted by Gasteiger charge is 2.30. The molecule has 1 atom stereocenters. The lowest BCUT2D eigenvalue weighted by Gasteiger charge is -2.29. The molecule has 1 aliphatic rings. The smallest absolute Gasteiger partial charge is 0.322 e. The molecule has 0 aliphatic carbocycles. The van der Waals surface area contributed by atoms with E-state index in [1.54, 1.807) is 11.9 Å². The maximum absolute atomic E-state index is 10.9. The van der Waals surface area contributed by atoms with Crippen molar-refractivity contribution in [2.75, 3.05) is 7.05 Å². The molecule has 0 radical (unpaired) electrons. The molecule has 1 aromatic heterocycles. The summed E-state index contributed by atoms with van der Waals surface area (Å²) >= 11 is 0. The third kappa shape index (κ3) is 2.45. The molecule has 0 bridgehead atoms. The van der Waals surface area contributed by atoms with E-state index < -0.39 is 12.0 Å². The fraction of sp³-hybridized carbons (Fsp3) is 0.625. The van der Waals surface area contributed by atoms with Gasteiger partial charge in [-0.15, -0.1) is 35.0 Å². The lowest BCUT2D eigenvalue weighted by Crippen LogP contribution is -2.45. The fourth-order valence-electron chi connectivity index (χ4n) is 1.69. The summed E-state index contributed by atoms with van der Waals surface area (Å²) < 4.78 is 1.86. The first kappa shape index (κ1) is 15.2. The van der Waals surface area contributed by atoms with E-state index in [0.717, 1.165) is 11.6 Å². The van der Waals surface area contributed by atoms with Crippen molar-refractivity contribution < 1.29 is 9.90 Å². The van der Waals surface area contributed by atoms with Crippen molar-refractivity contribution in [1.29, 1.82) is 0 Å². The van der Waals surface area contributed by atoms with Crippen molar-refractivity contribution in [2.45, 2.75) is 26.1 Å². The van der Waals surface area contributed by atoms with Crippen LogP contribution in [0.5, 0.6) is 0 Å². The number of aliphatic carboxylic acids is 1. The largest absolute Gasteiger partial charge is 0.480 e. The van der Waals surface area contributed by atoms with E-state index in [2.05, 4.69) is 10.2 Å². The van der Waals surface area contributed by atoms with Gasteiger partial charge in [-0.05, 0) is 14.0 Å². The van der Waals surface area contributed by atoms with Gasteiger partial charge in [0.25, 0.3) is 0 Å². The standard InChI is InChI=1S/C8H12N4O2.2ClH/c1-5-9-10-7-4-11(2)6(8(13)14)3-12(5)7;;/h6H,3-4H2,1-2H3,(H,13,14);2*1H. The number of nitrogens with zero attached hydrogens (tertiary/aromatic N) is 4. The second-order valence-electron chi connectivity index (χ2n) is 3.54. The maximum Gasteiger partial charge on any atom is 0.322 e. The molecule has 1 aliphatic heterocycles. The normalized spacial score (nSPS) is 19.2. The van der Waals surface area contributed by atoms with Gasteiger partial charge in [0.15, 0.2) is 0 Å². The molecule has 1 N–H and O–H groups in total. The number of fused-ring (bicyclic) bond motifs is 1. The predicted octanol–water partition coefficient (Wildman–Crippen LogP) is 0.329. The number of carbonyl (C=O) groups is 1. The number of likely N-dealkylation sites (N-methyl/N-ethyl adjacent to an activating group) is 1. The SMILES string of the molecule is Cc1nnc2n1CC(C(=O)O)N(C)C2.Cl.Cl. The minimum atomic E-state index is -0.800. The molecule has 0 fully saturated rings. The summed E-state index contributed by atoms with van der Waals surface area (Å²) in [4.78, 5) is 12.7. The number of halogens is 2. The first-order valence-corrected chi connectivity index (χ1v) is 4.41. The topological polar surface area (TPSA) is 71.2 Å². The van der Waals surface area contributed by atoms with Crippen LogP contribution in [0, 0.1) is 6.92 Å². The van der Waals surface area contributed by atoms with E-state index >= 15 is 0 Å². The van der Waals surface area contributed by atoms with Gasteiger partial charge < -0.3 is 9.67 Å². The third-order valence-electron chi connectivity index (χ3n) is 2.58. The van der Waals surface area contributed by atoms with Gasteiger partial charge >= 0.3 is 5.97 Å².